The molecule has 0 radical (unpaired) electrons. The van der Waals surface area contributed by atoms with Gasteiger partial charge in [0.25, 0.3) is 5.56 Å². The van der Waals surface area contributed by atoms with Gasteiger partial charge in [0.1, 0.15) is 5.75 Å². The summed E-state index contributed by atoms with van der Waals surface area (Å²) in [7, 11) is 0. The third kappa shape index (κ3) is 4.18. The number of benzene rings is 1. The van der Waals surface area contributed by atoms with Crippen LogP contribution in [0.15, 0.2) is 34.2 Å². The number of ether oxygens (including phenoxy) is 1. The van der Waals surface area contributed by atoms with Gasteiger partial charge in [-0.05, 0) is 38.0 Å². The topological polar surface area (TPSA) is 79.4 Å². The van der Waals surface area contributed by atoms with E-state index < -0.39 is 0 Å². The molecule has 1 aromatic heterocycles. The van der Waals surface area contributed by atoms with E-state index in [-0.39, 0.29) is 5.56 Å². The Morgan fingerprint density at radius 2 is 2.23 bits per heavy atom. The molecule has 0 bridgehead atoms. The first-order valence-electron chi connectivity index (χ1n) is 7.19. The summed E-state index contributed by atoms with van der Waals surface area (Å²) in [5, 5.41) is 4.08. The van der Waals surface area contributed by atoms with E-state index in [0.29, 0.717) is 23.8 Å². The Hall–Kier alpha value is -2.63. The normalized spacial score (nSPS) is 10.9. The zero-order chi connectivity index (χ0) is 15.9. The standard InChI is InChI=1S/C16H20N4O2/c1-4-8-22-14-7-5-6-13(9-14)10-17-20-16-18-12(3)11(2)15(21)19-16/h5-7,9-10H,4,8H2,1-3H3,(H2,18,19,20,21)/b17-10-. The van der Waals surface area contributed by atoms with Gasteiger partial charge >= 0.3 is 0 Å². The first-order valence-corrected chi connectivity index (χ1v) is 7.19. The van der Waals surface area contributed by atoms with E-state index in [9.17, 15) is 4.79 Å². The molecule has 6 heteroatoms. The maximum Gasteiger partial charge on any atom is 0.255 e. The summed E-state index contributed by atoms with van der Waals surface area (Å²) in [4.78, 5) is 18.5. The highest BCUT2D eigenvalue weighted by molar-refractivity contribution is 5.80. The second-order valence-corrected chi connectivity index (χ2v) is 4.92. The molecule has 6 nitrogen and oxygen atoms in total. The van der Waals surface area contributed by atoms with Crippen molar-refractivity contribution in [3.8, 4) is 5.75 Å². The molecule has 2 N–H and O–H groups in total. The van der Waals surface area contributed by atoms with Crippen LogP contribution in [0.1, 0.15) is 30.2 Å². The van der Waals surface area contributed by atoms with Crippen LogP contribution in [0.3, 0.4) is 0 Å². The van der Waals surface area contributed by atoms with Crippen molar-refractivity contribution in [1.82, 2.24) is 9.97 Å². The Kier molecular flexibility index (Phi) is 5.30. The van der Waals surface area contributed by atoms with Crippen molar-refractivity contribution >= 4 is 12.2 Å². The molecule has 0 aliphatic rings. The second kappa shape index (κ2) is 7.40. The van der Waals surface area contributed by atoms with Gasteiger partial charge in [-0.25, -0.2) is 10.4 Å². The minimum atomic E-state index is -0.167. The van der Waals surface area contributed by atoms with E-state index in [1.54, 1.807) is 20.1 Å². The molecule has 2 aromatic rings. The average molecular weight is 300 g/mol. The number of anilines is 1. The van der Waals surface area contributed by atoms with Crippen molar-refractivity contribution in [1.29, 1.82) is 0 Å². The Labute approximate surface area is 129 Å². The molecule has 0 saturated heterocycles. The molecule has 22 heavy (non-hydrogen) atoms. The molecule has 1 heterocycles. The van der Waals surface area contributed by atoms with Crippen LogP contribution in [-0.4, -0.2) is 22.8 Å². The zero-order valence-electron chi connectivity index (χ0n) is 13.0. The Morgan fingerprint density at radius 3 is 2.95 bits per heavy atom. The monoisotopic (exact) mass is 300 g/mol. The van der Waals surface area contributed by atoms with Crippen LogP contribution < -0.4 is 15.7 Å². The summed E-state index contributed by atoms with van der Waals surface area (Å²) in [6.07, 6.45) is 2.61. The summed E-state index contributed by atoms with van der Waals surface area (Å²) in [6, 6.07) is 7.63. The number of aromatic nitrogens is 2. The van der Waals surface area contributed by atoms with Crippen LogP contribution in [0.25, 0.3) is 0 Å². The fourth-order valence-corrected chi connectivity index (χ4v) is 1.77. The molecule has 2 rings (SSSR count). The predicted molar refractivity (Wildman–Crippen MR) is 87.8 cm³/mol. The smallest absolute Gasteiger partial charge is 0.255 e. The molecule has 0 spiro atoms. The van der Waals surface area contributed by atoms with Gasteiger partial charge in [0.05, 0.1) is 12.8 Å². The van der Waals surface area contributed by atoms with E-state index in [1.807, 2.05) is 24.3 Å². The molecule has 0 saturated carbocycles. The highest BCUT2D eigenvalue weighted by atomic mass is 16.5. The molecule has 0 fully saturated rings. The SMILES string of the molecule is CCCOc1cccc(/C=N\Nc2nc(C)c(C)c(=O)[nH]2)c1. The Balaban J connectivity index is 2.05. The number of H-pyrrole nitrogens is 1. The lowest BCUT2D eigenvalue weighted by molar-refractivity contribution is 0.317. The molecule has 116 valence electrons. The molecule has 0 amide bonds. The van der Waals surface area contributed by atoms with Gasteiger partial charge in [-0.1, -0.05) is 19.1 Å². The number of nitrogens with one attached hydrogen (secondary N) is 2. The van der Waals surface area contributed by atoms with Crippen molar-refractivity contribution in [2.45, 2.75) is 27.2 Å². The van der Waals surface area contributed by atoms with Crippen molar-refractivity contribution < 1.29 is 4.74 Å². The van der Waals surface area contributed by atoms with Crippen LogP contribution in [0.4, 0.5) is 5.95 Å². The molecule has 0 aliphatic heterocycles. The van der Waals surface area contributed by atoms with Crippen LogP contribution in [0.2, 0.25) is 0 Å². The van der Waals surface area contributed by atoms with Gasteiger partial charge < -0.3 is 4.74 Å². The summed E-state index contributed by atoms with van der Waals surface area (Å²) in [5.74, 6) is 1.13. The first-order chi connectivity index (χ1) is 10.6. The van der Waals surface area contributed by atoms with Crippen molar-refractivity contribution in [2.24, 2.45) is 5.10 Å². The molecular weight excluding hydrogens is 280 g/mol. The highest BCUT2D eigenvalue weighted by Gasteiger charge is 2.02. The van der Waals surface area contributed by atoms with Crippen molar-refractivity contribution in [2.75, 3.05) is 12.0 Å². The van der Waals surface area contributed by atoms with Gasteiger partial charge in [0, 0.05) is 11.3 Å². The fourth-order valence-electron chi connectivity index (χ4n) is 1.77. The fraction of sp³-hybridized carbons (Fsp3) is 0.312. The number of hydrogen-bond acceptors (Lipinski definition) is 5. The van der Waals surface area contributed by atoms with Gasteiger partial charge in [-0.3, -0.25) is 9.78 Å². The van der Waals surface area contributed by atoms with Gasteiger partial charge in [-0.15, -0.1) is 0 Å². The van der Waals surface area contributed by atoms with E-state index in [1.165, 1.54) is 0 Å². The Morgan fingerprint density at radius 1 is 1.41 bits per heavy atom. The van der Waals surface area contributed by atoms with Gasteiger partial charge in [0.15, 0.2) is 0 Å². The van der Waals surface area contributed by atoms with E-state index in [2.05, 4.69) is 27.4 Å². The molecular formula is C16H20N4O2. The predicted octanol–water partition coefficient (Wildman–Crippen LogP) is 2.62. The maximum atomic E-state index is 11.6. The van der Waals surface area contributed by atoms with Crippen LogP contribution in [0, 0.1) is 13.8 Å². The average Bonchev–Trinajstić information content (AvgIpc) is 2.51. The summed E-state index contributed by atoms with van der Waals surface area (Å²) >= 11 is 0. The van der Waals surface area contributed by atoms with Gasteiger partial charge in [-0.2, -0.15) is 5.10 Å². The summed E-state index contributed by atoms with van der Waals surface area (Å²) in [6.45, 7) is 6.27. The summed E-state index contributed by atoms with van der Waals surface area (Å²) < 4.78 is 5.56. The minimum Gasteiger partial charge on any atom is -0.494 e. The molecule has 0 aliphatic carbocycles. The van der Waals surface area contributed by atoms with Crippen LogP contribution in [-0.2, 0) is 0 Å². The van der Waals surface area contributed by atoms with E-state index >= 15 is 0 Å². The quantitative estimate of drug-likeness (QED) is 0.635. The lowest BCUT2D eigenvalue weighted by Crippen LogP contribution is -2.15. The van der Waals surface area contributed by atoms with Gasteiger partial charge in [0.2, 0.25) is 5.95 Å². The second-order valence-electron chi connectivity index (χ2n) is 4.92. The third-order valence-electron chi connectivity index (χ3n) is 3.11. The van der Waals surface area contributed by atoms with Crippen LogP contribution >= 0.6 is 0 Å². The molecule has 1 aromatic carbocycles. The van der Waals surface area contributed by atoms with Crippen LogP contribution in [0.5, 0.6) is 5.75 Å². The minimum absolute atomic E-state index is 0.167. The number of hydrazone groups is 1. The number of hydrogen-bond donors (Lipinski definition) is 2. The lowest BCUT2D eigenvalue weighted by atomic mass is 10.2. The summed E-state index contributed by atoms with van der Waals surface area (Å²) in [5.41, 5.74) is 4.74. The molecule has 0 unspecified atom stereocenters. The third-order valence-corrected chi connectivity index (χ3v) is 3.11. The zero-order valence-corrected chi connectivity index (χ0v) is 13.0. The van der Waals surface area contributed by atoms with E-state index in [4.69, 9.17) is 4.74 Å². The Bertz CT molecular complexity index is 722. The number of rotatable bonds is 6. The van der Waals surface area contributed by atoms with Crippen molar-refractivity contribution in [3.05, 3.63) is 51.4 Å². The van der Waals surface area contributed by atoms with E-state index in [0.717, 1.165) is 17.7 Å². The number of aromatic amines is 1. The van der Waals surface area contributed by atoms with Crippen molar-refractivity contribution in [3.63, 3.8) is 0 Å². The lowest BCUT2D eigenvalue weighted by Gasteiger charge is -2.05. The maximum absolute atomic E-state index is 11.6. The molecule has 0 atom stereocenters. The largest absolute Gasteiger partial charge is 0.494 e. The first kappa shape index (κ1) is 15.8. The number of nitrogens with zero attached hydrogens (tertiary/aromatic N) is 2. The number of aryl methyl sites for hydroxylation is 1. The highest BCUT2D eigenvalue weighted by Crippen LogP contribution is 2.12.